The van der Waals surface area contributed by atoms with Gasteiger partial charge in [-0.25, -0.2) is 8.42 Å². The Morgan fingerprint density at radius 3 is 1.86 bits per heavy atom. The third kappa shape index (κ3) is 5.82. The van der Waals surface area contributed by atoms with Gasteiger partial charge >= 0.3 is 0 Å². The Hall–Kier alpha value is -4.22. The van der Waals surface area contributed by atoms with Gasteiger partial charge in [0, 0.05) is 53.9 Å². The number of fused-ring (bicyclic) bond motifs is 6. The molecule has 4 aliphatic rings. The highest BCUT2D eigenvalue weighted by Gasteiger charge is 2.46. The van der Waals surface area contributed by atoms with Gasteiger partial charge in [0.1, 0.15) is 4.90 Å². The van der Waals surface area contributed by atoms with Crippen molar-refractivity contribution < 1.29 is 18.0 Å². The van der Waals surface area contributed by atoms with Crippen LogP contribution in [0.2, 0.25) is 5.02 Å². The first-order chi connectivity index (χ1) is 24.4. The van der Waals surface area contributed by atoms with E-state index in [0.29, 0.717) is 0 Å². The Kier molecular flexibility index (Phi) is 8.49. The number of aryl methyl sites for hydroxylation is 2. The first-order valence-electron chi connectivity index (χ1n) is 17.6. The topological polar surface area (TPSA) is 93.3 Å². The normalized spacial score (nSPS) is 23.0. The fourth-order valence-electron chi connectivity index (χ4n) is 8.76. The highest BCUT2D eigenvalue weighted by molar-refractivity contribution is 7.92. The zero-order valence-electron chi connectivity index (χ0n) is 29.3. The number of sulfonamides is 1. The maximum atomic E-state index is 14.5. The number of anilines is 3. The van der Waals surface area contributed by atoms with E-state index in [0.717, 1.165) is 72.6 Å². The number of benzene rings is 4. The summed E-state index contributed by atoms with van der Waals surface area (Å²) in [7, 11) is -0.133. The van der Waals surface area contributed by atoms with Crippen molar-refractivity contribution in [2.75, 3.05) is 54.8 Å². The van der Waals surface area contributed by atoms with Crippen LogP contribution in [-0.4, -0.2) is 82.4 Å². The van der Waals surface area contributed by atoms with E-state index in [9.17, 15) is 18.0 Å². The molecule has 9 nitrogen and oxygen atoms in total. The van der Waals surface area contributed by atoms with Gasteiger partial charge in [0.15, 0.2) is 0 Å². The smallest absolute Gasteiger partial charge is 0.263 e. The van der Waals surface area contributed by atoms with E-state index in [2.05, 4.69) is 54.6 Å². The van der Waals surface area contributed by atoms with Crippen molar-refractivity contribution in [1.82, 2.24) is 9.80 Å². The standard InChI is InChI=1S/C40H42ClN5O4S/c1-24-9-13-34-28(19-24)30-22-43(3)17-15-36(30)45(34)39(47)26-11-12-32(41)38(21-26)51(49,50)42-33-8-6-5-7-27(33)40(48)46-35-14-10-25(2)20-29(35)31-23-44(4)18-16-37(31)46/h5-14,19-21,30-31,36-37,42H,15-18,22-23H2,1-4H3/t30-,31-,36-,37+/m0/s1. The van der Waals surface area contributed by atoms with Crippen LogP contribution in [0.4, 0.5) is 17.1 Å². The number of piperidine rings is 2. The van der Waals surface area contributed by atoms with E-state index in [1.165, 1.54) is 12.1 Å². The van der Waals surface area contributed by atoms with Gasteiger partial charge in [-0.1, -0.05) is 59.1 Å². The summed E-state index contributed by atoms with van der Waals surface area (Å²) < 4.78 is 31.0. The van der Waals surface area contributed by atoms with Crippen LogP contribution in [0.15, 0.2) is 83.8 Å². The minimum Gasteiger partial charge on any atom is -0.306 e. The minimum atomic E-state index is -4.33. The van der Waals surface area contributed by atoms with Gasteiger partial charge in [0.05, 0.1) is 16.3 Å². The summed E-state index contributed by atoms with van der Waals surface area (Å²) in [6, 6.07) is 23.4. The molecule has 264 valence electrons. The number of rotatable bonds is 5. The lowest BCUT2D eigenvalue weighted by Crippen LogP contribution is -2.47. The van der Waals surface area contributed by atoms with E-state index >= 15 is 0 Å². The predicted molar refractivity (Wildman–Crippen MR) is 202 cm³/mol. The molecule has 4 aromatic rings. The number of para-hydroxylation sites is 1. The molecule has 0 aliphatic carbocycles. The Morgan fingerprint density at radius 2 is 1.27 bits per heavy atom. The highest BCUT2D eigenvalue weighted by Crippen LogP contribution is 2.47. The molecule has 0 unspecified atom stereocenters. The van der Waals surface area contributed by atoms with Crippen LogP contribution in [0, 0.1) is 13.8 Å². The van der Waals surface area contributed by atoms with Gasteiger partial charge < -0.3 is 19.6 Å². The van der Waals surface area contributed by atoms with E-state index < -0.39 is 10.0 Å². The molecular formula is C40H42ClN5O4S. The number of hydrogen-bond acceptors (Lipinski definition) is 6. The molecule has 2 saturated heterocycles. The lowest BCUT2D eigenvalue weighted by atomic mass is 9.88. The molecule has 0 saturated carbocycles. The van der Waals surface area contributed by atoms with Gasteiger partial charge in [-0.15, -0.1) is 0 Å². The first-order valence-corrected chi connectivity index (χ1v) is 19.4. The van der Waals surface area contributed by atoms with E-state index in [-0.39, 0.29) is 62.5 Å². The molecule has 2 fully saturated rings. The Labute approximate surface area is 304 Å². The van der Waals surface area contributed by atoms with Crippen molar-refractivity contribution in [2.45, 2.75) is 55.5 Å². The number of nitrogens with zero attached hydrogens (tertiary/aromatic N) is 4. The molecule has 0 aromatic heterocycles. The third-order valence-corrected chi connectivity index (χ3v) is 13.1. The second-order valence-electron chi connectivity index (χ2n) is 14.7. The van der Waals surface area contributed by atoms with E-state index in [1.54, 1.807) is 30.3 Å². The first kappa shape index (κ1) is 33.9. The average Bonchev–Trinajstić information content (AvgIpc) is 3.59. The molecular weight excluding hydrogens is 682 g/mol. The summed E-state index contributed by atoms with van der Waals surface area (Å²) in [5.74, 6) is -0.190. The number of nitrogens with one attached hydrogen (secondary N) is 1. The summed E-state index contributed by atoms with van der Waals surface area (Å²) in [4.78, 5) is 36.9. The van der Waals surface area contributed by atoms with Crippen molar-refractivity contribution in [3.05, 3.63) is 117 Å². The van der Waals surface area contributed by atoms with Crippen molar-refractivity contribution in [2.24, 2.45) is 0 Å². The number of halogens is 1. The summed E-state index contributed by atoms with van der Waals surface area (Å²) in [5, 5.41) is -0.0181. The van der Waals surface area contributed by atoms with Crippen LogP contribution in [0.3, 0.4) is 0 Å². The lowest BCUT2D eigenvalue weighted by Gasteiger charge is -2.36. The SMILES string of the molecule is Cc1ccc2c(c1)[C@@H]1CN(C)CC[C@H]1N2C(=O)c1ccccc1NS(=O)(=O)c1cc(C(=O)N2c3ccc(C)cc3[C@@H]3CN(C)CC[C@@H]32)ccc1Cl. The molecule has 4 heterocycles. The Morgan fingerprint density at radius 1 is 0.725 bits per heavy atom. The zero-order valence-corrected chi connectivity index (χ0v) is 30.8. The molecule has 2 amide bonds. The van der Waals surface area contributed by atoms with Crippen molar-refractivity contribution >= 4 is 50.5 Å². The maximum Gasteiger partial charge on any atom is 0.263 e. The Bertz CT molecular complexity index is 2190. The molecule has 0 spiro atoms. The maximum absolute atomic E-state index is 14.5. The van der Waals surface area contributed by atoms with Gasteiger partial charge in [-0.3, -0.25) is 14.3 Å². The summed E-state index contributed by atoms with van der Waals surface area (Å²) in [6.07, 6.45) is 1.62. The van der Waals surface area contributed by atoms with Crippen LogP contribution in [0.5, 0.6) is 0 Å². The summed E-state index contributed by atoms with van der Waals surface area (Å²) in [5.41, 5.74) is 6.92. The van der Waals surface area contributed by atoms with Crippen molar-refractivity contribution in [3.63, 3.8) is 0 Å². The molecule has 8 rings (SSSR count). The van der Waals surface area contributed by atoms with Crippen molar-refractivity contribution in [3.8, 4) is 0 Å². The fourth-order valence-corrected chi connectivity index (χ4v) is 10.4. The average molecular weight is 724 g/mol. The Balaban J connectivity index is 1.11. The minimum absolute atomic E-state index is 0.0181. The van der Waals surface area contributed by atoms with E-state index in [4.69, 9.17) is 11.6 Å². The lowest BCUT2D eigenvalue weighted by molar-refractivity contribution is 0.0957. The second kappa shape index (κ2) is 12.8. The fraction of sp³-hybridized carbons (Fsp3) is 0.350. The van der Waals surface area contributed by atoms with Crippen LogP contribution in [0.1, 0.15) is 67.6 Å². The van der Waals surface area contributed by atoms with Crippen molar-refractivity contribution in [1.29, 1.82) is 0 Å². The zero-order chi connectivity index (χ0) is 35.8. The van der Waals surface area contributed by atoms with Gasteiger partial charge in [0.2, 0.25) is 0 Å². The highest BCUT2D eigenvalue weighted by atomic mass is 35.5. The number of likely N-dealkylation sites (N-methyl/N-ethyl adjacent to an activating group) is 2. The third-order valence-electron chi connectivity index (χ3n) is 11.2. The number of carbonyl (C=O) groups is 2. The number of carbonyl (C=O) groups excluding carboxylic acids is 2. The molecule has 4 aromatic carbocycles. The number of amides is 2. The van der Waals surface area contributed by atoms with Gasteiger partial charge in [0.25, 0.3) is 21.8 Å². The van der Waals surface area contributed by atoms with Crippen LogP contribution >= 0.6 is 11.6 Å². The number of likely N-dealkylation sites (tertiary alicyclic amines) is 2. The monoisotopic (exact) mass is 723 g/mol. The molecule has 0 bridgehead atoms. The molecule has 4 atom stereocenters. The van der Waals surface area contributed by atoms with Gasteiger partial charge in [-0.2, -0.15) is 0 Å². The largest absolute Gasteiger partial charge is 0.306 e. The van der Waals surface area contributed by atoms with Crippen LogP contribution in [0.25, 0.3) is 0 Å². The van der Waals surface area contributed by atoms with Gasteiger partial charge in [-0.05, 0) is 107 Å². The van der Waals surface area contributed by atoms with Crippen LogP contribution < -0.4 is 14.5 Å². The quantitative estimate of drug-likeness (QED) is 0.248. The van der Waals surface area contributed by atoms with Crippen LogP contribution in [-0.2, 0) is 10.0 Å². The molecule has 0 radical (unpaired) electrons. The summed E-state index contributed by atoms with van der Waals surface area (Å²) >= 11 is 6.57. The molecule has 1 N–H and O–H groups in total. The number of hydrogen-bond donors (Lipinski definition) is 1. The van der Waals surface area contributed by atoms with E-state index in [1.807, 2.05) is 34.1 Å². The molecule has 4 aliphatic heterocycles. The summed E-state index contributed by atoms with van der Waals surface area (Å²) in [6.45, 7) is 7.52. The second-order valence-corrected chi connectivity index (χ2v) is 16.8. The predicted octanol–water partition coefficient (Wildman–Crippen LogP) is 6.65. The molecule has 51 heavy (non-hydrogen) atoms. The molecule has 11 heteroatoms.